The number of aryl methyl sites for hydroxylation is 1. The first-order valence-corrected chi connectivity index (χ1v) is 6.53. The second-order valence-corrected chi connectivity index (χ2v) is 4.75. The lowest BCUT2D eigenvalue weighted by atomic mass is 10.3. The van der Waals surface area contributed by atoms with E-state index < -0.39 is 0 Å². The van der Waals surface area contributed by atoms with Crippen molar-refractivity contribution in [3.63, 3.8) is 0 Å². The van der Waals surface area contributed by atoms with E-state index in [0.717, 1.165) is 11.3 Å². The van der Waals surface area contributed by atoms with Crippen molar-refractivity contribution >= 4 is 17.2 Å². The molecular weight excluding hydrogens is 222 g/mol. The van der Waals surface area contributed by atoms with E-state index >= 15 is 0 Å². The van der Waals surface area contributed by atoms with E-state index in [0.29, 0.717) is 19.5 Å². The summed E-state index contributed by atoms with van der Waals surface area (Å²) in [6.45, 7) is 5.50. The molecular formula is C12H19NO2S. The highest BCUT2D eigenvalue weighted by Crippen LogP contribution is 2.18. The number of hydrogen-bond acceptors (Lipinski definition) is 3. The lowest BCUT2D eigenvalue weighted by Crippen LogP contribution is -2.31. The molecule has 0 aliphatic carbocycles. The fourth-order valence-corrected chi connectivity index (χ4v) is 2.42. The Morgan fingerprint density at radius 3 is 2.69 bits per heavy atom. The van der Waals surface area contributed by atoms with Crippen molar-refractivity contribution in [3.05, 3.63) is 21.9 Å². The zero-order valence-electron chi connectivity index (χ0n) is 9.90. The number of nitrogens with zero attached hydrogens (tertiary/aromatic N) is 1. The highest BCUT2D eigenvalue weighted by atomic mass is 32.1. The number of thiophene rings is 1. The molecule has 0 fully saturated rings. The van der Waals surface area contributed by atoms with Crippen molar-refractivity contribution in [1.29, 1.82) is 0 Å². The van der Waals surface area contributed by atoms with Gasteiger partial charge < -0.3 is 10.0 Å². The molecule has 3 nitrogen and oxygen atoms in total. The molecule has 1 N–H and O–H groups in total. The average molecular weight is 241 g/mol. The monoisotopic (exact) mass is 241 g/mol. The van der Waals surface area contributed by atoms with E-state index in [1.54, 1.807) is 16.2 Å². The third kappa shape index (κ3) is 3.32. The van der Waals surface area contributed by atoms with Crippen LogP contribution in [-0.2, 0) is 6.42 Å². The number of carbonyl (C=O) groups excluding carboxylic acids is 1. The maximum Gasteiger partial charge on any atom is 0.263 e. The van der Waals surface area contributed by atoms with Crippen molar-refractivity contribution in [1.82, 2.24) is 4.90 Å². The fourth-order valence-electron chi connectivity index (χ4n) is 1.50. The second kappa shape index (κ2) is 6.66. The molecule has 0 atom stereocenters. The molecule has 90 valence electrons. The van der Waals surface area contributed by atoms with Gasteiger partial charge >= 0.3 is 0 Å². The summed E-state index contributed by atoms with van der Waals surface area (Å²) in [7, 11) is 0. The third-order valence-electron chi connectivity index (χ3n) is 2.48. The third-order valence-corrected chi connectivity index (χ3v) is 3.69. The zero-order chi connectivity index (χ0) is 12.0. The second-order valence-electron chi connectivity index (χ2n) is 3.58. The van der Waals surface area contributed by atoms with Gasteiger partial charge in [0.15, 0.2) is 0 Å². The van der Waals surface area contributed by atoms with Gasteiger partial charge in [-0.2, -0.15) is 0 Å². The minimum atomic E-state index is 0.0839. The Morgan fingerprint density at radius 2 is 2.19 bits per heavy atom. The Balaban J connectivity index is 2.66. The summed E-state index contributed by atoms with van der Waals surface area (Å²) in [4.78, 5) is 15.9. The Bertz CT molecular complexity index is 336. The molecule has 1 rings (SSSR count). The summed E-state index contributed by atoms with van der Waals surface area (Å²) in [5.74, 6) is 0.0839. The van der Waals surface area contributed by atoms with Crippen molar-refractivity contribution in [2.75, 3.05) is 19.7 Å². The Morgan fingerprint density at radius 1 is 1.44 bits per heavy atom. The van der Waals surface area contributed by atoms with Crippen LogP contribution in [0.2, 0.25) is 0 Å². The molecule has 0 unspecified atom stereocenters. The van der Waals surface area contributed by atoms with Gasteiger partial charge in [0, 0.05) is 24.6 Å². The molecule has 4 heteroatoms. The van der Waals surface area contributed by atoms with Gasteiger partial charge in [0.25, 0.3) is 5.91 Å². The lowest BCUT2D eigenvalue weighted by Gasteiger charge is -2.19. The predicted molar refractivity (Wildman–Crippen MR) is 67.0 cm³/mol. The number of amides is 1. The Hall–Kier alpha value is -0.870. The van der Waals surface area contributed by atoms with Crippen molar-refractivity contribution in [2.45, 2.75) is 26.7 Å². The first-order valence-electron chi connectivity index (χ1n) is 5.71. The van der Waals surface area contributed by atoms with E-state index in [1.807, 2.05) is 19.1 Å². The van der Waals surface area contributed by atoms with Gasteiger partial charge in [-0.05, 0) is 31.9 Å². The summed E-state index contributed by atoms with van der Waals surface area (Å²) < 4.78 is 0. The molecule has 0 radical (unpaired) electrons. The molecule has 0 aliphatic rings. The van der Waals surface area contributed by atoms with E-state index in [9.17, 15) is 4.79 Å². The number of rotatable bonds is 6. The first-order chi connectivity index (χ1) is 7.72. The highest BCUT2D eigenvalue weighted by molar-refractivity contribution is 7.14. The Labute approximate surface area is 101 Å². The molecule has 0 saturated carbocycles. The van der Waals surface area contributed by atoms with Crippen LogP contribution in [0.5, 0.6) is 0 Å². The van der Waals surface area contributed by atoms with E-state index in [2.05, 4.69) is 6.92 Å². The van der Waals surface area contributed by atoms with Gasteiger partial charge in [-0.15, -0.1) is 11.3 Å². The van der Waals surface area contributed by atoms with Gasteiger partial charge in [0.05, 0.1) is 4.88 Å². The van der Waals surface area contributed by atoms with Crippen LogP contribution in [0.25, 0.3) is 0 Å². The van der Waals surface area contributed by atoms with Gasteiger partial charge in [0.2, 0.25) is 0 Å². The maximum absolute atomic E-state index is 12.1. The fraction of sp³-hybridized carbons (Fsp3) is 0.583. The first kappa shape index (κ1) is 13.2. The molecule has 1 amide bonds. The number of carbonyl (C=O) groups is 1. The summed E-state index contributed by atoms with van der Waals surface area (Å²) in [6, 6.07) is 3.91. The van der Waals surface area contributed by atoms with Crippen LogP contribution in [0.4, 0.5) is 0 Å². The normalized spacial score (nSPS) is 10.4. The van der Waals surface area contributed by atoms with Crippen molar-refractivity contribution in [2.24, 2.45) is 0 Å². The molecule has 16 heavy (non-hydrogen) atoms. The van der Waals surface area contributed by atoms with Gasteiger partial charge in [-0.3, -0.25) is 4.79 Å². The largest absolute Gasteiger partial charge is 0.396 e. The quantitative estimate of drug-likeness (QED) is 0.829. The van der Waals surface area contributed by atoms with E-state index in [-0.39, 0.29) is 12.5 Å². The van der Waals surface area contributed by atoms with Crippen LogP contribution in [-0.4, -0.2) is 35.6 Å². The molecule has 1 heterocycles. The van der Waals surface area contributed by atoms with Crippen LogP contribution in [0.1, 0.15) is 34.8 Å². The zero-order valence-corrected chi connectivity index (χ0v) is 10.7. The molecule has 0 spiro atoms. The van der Waals surface area contributed by atoms with Crippen LogP contribution < -0.4 is 0 Å². The van der Waals surface area contributed by atoms with Crippen LogP contribution in [0, 0.1) is 0 Å². The minimum Gasteiger partial charge on any atom is -0.396 e. The molecule has 0 aliphatic heterocycles. The van der Waals surface area contributed by atoms with Crippen molar-refractivity contribution in [3.8, 4) is 0 Å². The minimum absolute atomic E-state index is 0.0839. The topological polar surface area (TPSA) is 40.5 Å². The number of aliphatic hydroxyl groups excluding tert-OH is 1. The van der Waals surface area contributed by atoms with E-state index in [1.165, 1.54) is 4.88 Å². The van der Waals surface area contributed by atoms with Crippen LogP contribution in [0.15, 0.2) is 12.1 Å². The standard InChI is InChI=1S/C12H19NO2S/c1-3-10-6-7-11(16-10)12(15)13(4-2)8-5-9-14/h6-7,14H,3-5,8-9H2,1-2H3. The van der Waals surface area contributed by atoms with Gasteiger partial charge in [-0.25, -0.2) is 0 Å². The summed E-state index contributed by atoms with van der Waals surface area (Å²) in [6.07, 6.45) is 1.62. The smallest absolute Gasteiger partial charge is 0.263 e. The summed E-state index contributed by atoms with van der Waals surface area (Å²) >= 11 is 1.56. The van der Waals surface area contributed by atoms with Crippen LogP contribution in [0.3, 0.4) is 0 Å². The summed E-state index contributed by atoms with van der Waals surface area (Å²) in [5, 5.41) is 8.77. The molecule has 0 aromatic carbocycles. The predicted octanol–water partition coefficient (Wildman–Crippen LogP) is 2.16. The molecule has 1 aromatic heterocycles. The highest BCUT2D eigenvalue weighted by Gasteiger charge is 2.15. The number of aliphatic hydroxyl groups is 1. The molecule has 0 bridgehead atoms. The molecule has 0 saturated heterocycles. The lowest BCUT2D eigenvalue weighted by molar-refractivity contribution is 0.0759. The van der Waals surface area contributed by atoms with Crippen LogP contribution >= 0.6 is 11.3 Å². The van der Waals surface area contributed by atoms with Gasteiger partial charge in [-0.1, -0.05) is 6.92 Å². The maximum atomic E-state index is 12.1. The van der Waals surface area contributed by atoms with Crippen molar-refractivity contribution < 1.29 is 9.90 Å². The SMILES string of the molecule is CCc1ccc(C(=O)N(CC)CCCO)s1. The molecule has 1 aromatic rings. The van der Waals surface area contributed by atoms with Gasteiger partial charge in [0.1, 0.15) is 0 Å². The number of hydrogen-bond donors (Lipinski definition) is 1. The Kier molecular flexibility index (Phi) is 5.49. The van der Waals surface area contributed by atoms with E-state index in [4.69, 9.17) is 5.11 Å². The summed E-state index contributed by atoms with van der Waals surface area (Å²) in [5.41, 5.74) is 0. The average Bonchev–Trinajstić information content (AvgIpc) is 2.78.